The fraction of sp³-hybridized carbons (Fsp3) is 0.647. The number of phosphoric acid groups is 3. The maximum atomic E-state index is 11.7. The van der Waals surface area contributed by atoms with Crippen LogP contribution < -0.4 is 28.3 Å². The molecule has 3 aromatic carbocycles. The number of unbranched alkanes of at least 4 members (excludes halogenated alkanes) is 21. The van der Waals surface area contributed by atoms with Crippen molar-refractivity contribution in [2.75, 3.05) is 19.8 Å². The summed E-state index contributed by atoms with van der Waals surface area (Å²) in [4.78, 5) is 35.2. The summed E-state index contributed by atoms with van der Waals surface area (Å²) in [6.45, 7) is 12.6. The summed E-state index contributed by atoms with van der Waals surface area (Å²) < 4.78 is 64.9. The van der Waals surface area contributed by atoms with E-state index in [1.165, 1.54) is 96.3 Å². The van der Waals surface area contributed by atoms with Crippen molar-refractivity contribution in [2.24, 2.45) is 0 Å². The quantitative estimate of drug-likeness (QED) is 0.0306. The smallest absolute Gasteiger partial charge is 0.746 e. The largest absolute Gasteiger partial charge is 3.00 e. The van der Waals surface area contributed by atoms with Gasteiger partial charge in [-0.05, 0) is 74.9 Å². The first kappa shape index (κ1) is 65.0. The van der Waals surface area contributed by atoms with E-state index in [1.54, 1.807) is 75.4 Å². The van der Waals surface area contributed by atoms with Crippen LogP contribution in [0.2, 0.25) is 0 Å². The number of hydrogen-bond donors (Lipinski definition) is 0. The number of hydrogen-bond acceptors (Lipinski definition) is 12. The predicted octanol–water partition coefficient (Wildman–Crippen LogP) is 14.6. The Hall–Kier alpha value is -1.96. The molecule has 3 rings (SSSR count). The molecule has 12 nitrogen and oxygen atoms in total. The fourth-order valence-corrected chi connectivity index (χ4v) is 9.21. The topological polar surface area (TPSA) is 176 Å². The minimum Gasteiger partial charge on any atom is -0.746 e. The van der Waals surface area contributed by atoms with Crippen LogP contribution in [0.1, 0.15) is 192 Å². The first-order chi connectivity index (χ1) is 31.6. The van der Waals surface area contributed by atoms with Gasteiger partial charge in [0, 0.05) is 0 Å². The average Bonchev–Trinajstić information content (AvgIpc) is 3.27. The SMILES string of the molecule is CCCCCCCCCCOP(=O)([O-])Oc1ccccc1C.CCCCCCCCCCOP(=O)([O-])Oc1ccccc1C.CCCCCCCCCCOP(=O)([O-])Oc1ccccc1C.[Al+3]. The third-order valence-electron chi connectivity index (χ3n) is 10.7. The molecule has 0 saturated carbocycles. The Morgan fingerprint density at radius 3 is 0.746 bits per heavy atom. The van der Waals surface area contributed by atoms with Gasteiger partial charge in [-0.3, -0.25) is 13.7 Å². The molecule has 0 N–H and O–H groups in total. The van der Waals surface area contributed by atoms with Crippen LogP contribution in [0.15, 0.2) is 72.8 Å². The molecule has 0 fully saturated rings. The second kappa shape index (κ2) is 40.7. The molecule has 16 heteroatoms. The van der Waals surface area contributed by atoms with Crippen LogP contribution in [0.25, 0.3) is 0 Å². The van der Waals surface area contributed by atoms with E-state index >= 15 is 0 Å². The minimum atomic E-state index is -4.26. The summed E-state index contributed by atoms with van der Waals surface area (Å²) in [6.07, 6.45) is 27.7. The van der Waals surface area contributed by atoms with Crippen molar-refractivity contribution in [3.63, 3.8) is 0 Å². The van der Waals surface area contributed by atoms with Gasteiger partial charge in [-0.25, -0.2) is 0 Å². The molecule has 0 radical (unpaired) electrons. The average molecular weight is 1010 g/mol. The van der Waals surface area contributed by atoms with Crippen LogP contribution in [0.3, 0.4) is 0 Å². The van der Waals surface area contributed by atoms with Crippen molar-refractivity contribution in [3.8, 4) is 17.2 Å². The van der Waals surface area contributed by atoms with Crippen LogP contribution in [-0.2, 0) is 27.3 Å². The summed E-state index contributed by atoms with van der Waals surface area (Å²) in [6, 6.07) is 21.0. The maximum absolute atomic E-state index is 11.7. The molecule has 0 bridgehead atoms. The van der Waals surface area contributed by atoms with Crippen molar-refractivity contribution in [1.29, 1.82) is 0 Å². The summed E-state index contributed by atoms with van der Waals surface area (Å²) >= 11 is 0. The molecule has 378 valence electrons. The van der Waals surface area contributed by atoms with Gasteiger partial charge in [-0.2, -0.15) is 0 Å². The Morgan fingerprint density at radius 1 is 0.343 bits per heavy atom. The zero-order chi connectivity index (χ0) is 48.8. The van der Waals surface area contributed by atoms with Crippen molar-refractivity contribution in [1.82, 2.24) is 0 Å². The van der Waals surface area contributed by atoms with E-state index < -0.39 is 23.5 Å². The summed E-state index contributed by atoms with van der Waals surface area (Å²) in [5, 5.41) is 0. The summed E-state index contributed by atoms with van der Waals surface area (Å²) in [5.74, 6) is 0.991. The second-order valence-corrected chi connectivity index (χ2v) is 20.8. The van der Waals surface area contributed by atoms with E-state index in [2.05, 4.69) is 20.8 Å². The molecular formula is C51H84AlO12P3. The van der Waals surface area contributed by atoms with Gasteiger partial charge in [-0.15, -0.1) is 0 Å². The van der Waals surface area contributed by atoms with Crippen molar-refractivity contribution in [3.05, 3.63) is 89.5 Å². The zero-order valence-corrected chi connectivity index (χ0v) is 45.7. The number of rotatable bonds is 36. The monoisotopic (exact) mass is 1010 g/mol. The molecule has 0 heterocycles. The van der Waals surface area contributed by atoms with E-state index in [1.807, 2.05) is 18.2 Å². The Labute approximate surface area is 416 Å². The molecular weight excluding hydrogens is 924 g/mol. The second-order valence-electron chi connectivity index (χ2n) is 16.8. The molecule has 3 unspecified atom stereocenters. The van der Waals surface area contributed by atoms with Gasteiger partial charge < -0.3 is 41.8 Å². The van der Waals surface area contributed by atoms with E-state index in [-0.39, 0.29) is 37.2 Å². The number of benzene rings is 3. The molecule has 0 aromatic heterocycles. The van der Waals surface area contributed by atoms with Gasteiger partial charge in [0.25, 0.3) is 0 Å². The third kappa shape index (κ3) is 36.6. The van der Waals surface area contributed by atoms with Crippen molar-refractivity contribution < 1.29 is 55.5 Å². The van der Waals surface area contributed by atoms with Gasteiger partial charge in [-0.1, -0.05) is 210 Å². The number of phosphoric ester groups is 3. The minimum absolute atomic E-state index is 0. The Morgan fingerprint density at radius 2 is 0.537 bits per heavy atom. The van der Waals surface area contributed by atoms with E-state index in [4.69, 9.17) is 27.1 Å². The Balaban J connectivity index is 0.000000968. The fourth-order valence-electron chi connectivity index (χ4n) is 6.65. The number of aryl methyl sites for hydroxylation is 3. The van der Waals surface area contributed by atoms with Gasteiger partial charge >= 0.3 is 40.8 Å². The summed E-state index contributed by atoms with van der Waals surface area (Å²) in [5.41, 5.74) is 2.32. The van der Waals surface area contributed by atoms with Crippen LogP contribution in [0.4, 0.5) is 0 Å². The molecule has 0 saturated heterocycles. The van der Waals surface area contributed by atoms with Gasteiger partial charge in [0.05, 0.1) is 19.8 Å². The molecule has 0 aliphatic rings. The molecule has 0 amide bonds. The Bertz CT molecular complexity index is 1600. The predicted molar refractivity (Wildman–Crippen MR) is 270 cm³/mol. The third-order valence-corrected chi connectivity index (χ3v) is 13.4. The molecule has 0 aliphatic heterocycles. The summed E-state index contributed by atoms with van der Waals surface area (Å²) in [7, 11) is -12.8. The van der Waals surface area contributed by atoms with Crippen LogP contribution in [0, 0.1) is 20.8 Å². The van der Waals surface area contributed by atoms with Crippen LogP contribution >= 0.6 is 23.5 Å². The van der Waals surface area contributed by atoms with Gasteiger partial charge in [0.2, 0.25) is 0 Å². The zero-order valence-electron chi connectivity index (χ0n) is 41.8. The van der Waals surface area contributed by atoms with Gasteiger partial charge in [0.15, 0.2) is 0 Å². The first-order valence-corrected chi connectivity index (χ1v) is 29.2. The van der Waals surface area contributed by atoms with E-state index in [0.717, 1.165) is 74.5 Å². The number of para-hydroxylation sites is 3. The molecule has 0 spiro atoms. The van der Waals surface area contributed by atoms with Crippen LogP contribution in [0.5, 0.6) is 17.2 Å². The van der Waals surface area contributed by atoms with Crippen molar-refractivity contribution >= 4 is 40.8 Å². The molecule has 3 atom stereocenters. The van der Waals surface area contributed by atoms with Crippen molar-refractivity contribution in [2.45, 2.75) is 196 Å². The molecule has 67 heavy (non-hydrogen) atoms. The van der Waals surface area contributed by atoms with Gasteiger partial charge in [0.1, 0.15) is 17.2 Å². The molecule has 0 aliphatic carbocycles. The first-order valence-electron chi connectivity index (χ1n) is 24.8. The normalized spacial score (nSPS) is 13.6. The molecule has 3 aromatic rings. The van der Waals surface area contributed by atoms with E-state index in [0.29, 0.717) is 17.2 Å². The van der Waals surface area contributed by atoms with E-state index in [9.17, 15) is 28.4 Å². The van der Waals surface area contributed by atoms with Crippen LogP contribution in [-0.4, -0.2) is 37.2 Å². The Kier molecular flexibility index (Phi) is 39.5. The maximum Gasteiger partial charge on any atom is 3.00 e. The standard InChI is InChI=1S/3C17H29O4P.Al/c3*1-3-4-5-6-7-8-9-12-15-20-22(18,19)21-17-14-11-10-13-16(17)2;/h3*10-11,13-14H,3-9,12,15H2,1-2H3,(H,18,19);/q;;;+3/p-3.